The molecular formula is C28H44N8O6. The molecule has 1 aliphatic heterocycles. The number of guanidine groups is 1. The summed E-state index contributed by atoms with van der Waals surface area (Å²) in [6, 6.07) is 3.50. The van der Waals surface area contributed by atoms with E-state index in [1.807, 2.05) is 0 Å². The van der Waals surface area contributed by atoms with E-state index in [1.165, 1.54) is 14.0 Å². The third-order valence-corrected chi connectivity index (χ3v) is 6.96. The highest BCUT2D eigenvalue weighted by Gasteiger charge is 2.39. The quantitative estimate of drug-likeness (QED) is 0.111. The van der Waals surface area contributed by atoms with Crippen molar-refractivity contribution < 1.29 is 28.7 Å². The van der Waals surface area contributed by atoms with E-state index < -0.39 is 53.2 Å². The van der Waals surface area contributed by atoms with Crippen LogP contribution in [0.25, 0.3) is 0 Å². The number of hydrogen-bond acceptors (Lipinski definition) is 7. The Morgan fingerprint density at radius 3 is 2.36 bits per heavy atom. The molecule has 1 saturated heterocycles. The lowest BCUT2D eigenvalue weighted by Gasteiger charge is -2.33. The number of aliphatic imine (C=N–C) groups is 1. The van der Waals surface area contributed by atoms with E-state index in [4.69, 9.17) is 16.2 Å². The van der Waals surface area contributed by atoms with Crippen LogP contribution >= 0.6 is 0 Å². The van der Waals surface area contributed by atoms with Crippen molar-refractivity contribution in [2.24, 2.45) is 22.4 Å². The number of nitrogens with one attached hydrogen (secondary N) is 5. The van der Waals surface area contributed by atoms with Gasteiger partial charge in [-0.3, -0.25) is 29.0 Å². The molecule has 0 aliphatic carbocycles. The van der Waals surface area contributed by atoms with Gasteiger partial charge in [0, 0.05) is 24.6 Å². The normalized spacial score (nSPS) is 23.9. The van der Waals surface area contributed by atoms with Gasteiger partial charge in [0.05, 0.1) is 7.11 Å². The number of methoxy groups -OCH3 is 1. The van der Waals surface area contributed by atoms with Gasteiger partial charge < -0.3 is 42.8 Å². The summed E-state index contributed by atoms with van der Waals surface area (Å²) < 4.78 is 5.42. The van der Waals surface area contributed by atoms with Crippen LogP contribution in [0.3, 0.4) is 0 Å². The van der Waals surface area contributed by atoms with Crippen molar-refractivity contribution >= 4 is 35.5 Å². The van der Waals surface area contributed by atoms with Crippen LogP contribution in [0.5, 0.6) is 5.75 Å². The lowest BCUT2D eigenvalue weighted by Crippen LogP contribution is -2.63. The number of nitrogens with two attached hydrogens (primary N) is 2. The van der Waals surface area contributed by atoms with Crippen LogP contribution in [0, 0.1) is 5.92 Å². The zero-order chi connectivity index (χ0) is 31.4. The summed E-state index contributed by atoms with van der Waals surface area (Å²) in [6.07, 6.45) is 0.700. The molecule has 0 radical (unpaired) electrons. The molecule has 0 unspecified atom stereocenters. The van der Waals surface area contributed by atoms with Crippen LogP contribution in [0.4, 0.5) is 0 Å². The molecule has 0 saturated carbocycles. The van der Waals surface area contributed by atoms with Crippen LogP contribution in [-0.4, -0.2) is 73.3 Å². The highest BCUT2D eigenvalue weighted by atomic mass is 16.5. The number of benzene rings is 1. The maximum atomic E-state index is 13.6. The van der Waals surface area contributed by atoms with Gasteiger partial charge in [0.2, 0.25) is 29.5 Å². The first-order chi connectivity index (χ1) is 19.8. The van der Waals surface area contributed by atoms with Gasteiger partial charge in [0.1, 0.15) is 29.4 Å². The molecule has 1 aliphatic rings. The predicted octanol–water partition coefficient (Wildman–Crippen LogP) is -0.663. The minimum atomic E-state index is -1.48. The van der Waals surface area contributed by atoms with E-state index in [1.54, 1.807) is 45.0 Å². The Morgan fingerprint density at radius 2 is 1.74 bits per heavy atom. The molecule has 2 rings (SSSR count). The standard InChI is InChI=1S/C28H44N8O6/c1-6-18-23(38)35-21(17-10-7-8-12-20(17)42-5)25(40)31-15-13-28(4,36-22(37)16(2)3)26(41)34-19(24(39)33-18)11-9-14-32-27(29)30/h7-8,10,12,16,18-19,21H,6,9,11,13-15H2,1-5H3,(H,31,40)(H,33,39)(H,34,41)(H,35,38)(H,36,37)(H4,29,30,32)/t18-,19-,21+,28+/m0/s1. The van der Waals surface area contributed by atoms with Gasteiger partial charge in [-0.2, -0.15) is 0 Å². The van der Waals surface area contributed by atoms with Gasteiger partial charge >= 0.3 is 0 Å². The van der Waals surface area contributed by atoms with Gasteiger partial charge in [-0.05, 0) is 38.7 Å². The Kier molecular flexibility index (Phi) is 12.6. The van der Waals surface area contributed by atoms with Crippen LogP contribution in [0.15, 0.2) is 29.3 Å². The molecule has 5 amide bonds. The summed E-state index contributed by atoms with van der Waals surface area (Å²) in [5, 5.41) is 13.7. The maximum absolute atomic E-state index is 13.6. The number of amides is 5. The molecule has 232 valence electrons. The molecule has 4 atom stereocenters. The van der Waals surface area contributed by atoms with Crippen LogP contribution in [0.2, 0.25) is 0 Å². The molecule has 14 heteroatoms. The summed E-state index contributed by atoms with van der Waals surface area (Å²) >= 11 is 0. The summed E-state index contributed by atoms with van der Waals surface area (Å²) in [7, 11) is 1.45. The van der Waals surface area contributed by atoms with E-state index in [2.05, 4.69) is 31.6 Å². The summed E-state index contributed by atoms with van der Waals surface area (Å²) in [6.45, 7) is 6.80. The first kappa shape index (κ1) is 33.8. The molecular weight excluding hydrogens is 544 g/mol. The van der Waals surface area contributed by atoms with E-state index in [9.17, 15) is 24.0 Å². The third-order valence-electron chi connectivity index (χ3n) is 6.96. The van der Waals surface area contributed by atoms with Crippen molar-refractivity contribution in [3.8, 4) is 5.75 Å². The molecule has 0 spiro atoms. The topological polar surface area (TPSA) is 219 Å². The lowest BCUT2D eigenvalue weighted by atomic mass is 9.93. The Bertz CT molecular complexity index is 1170. The summed E-state index contributed by atoms with van der Waals surface area (Å²) in [5.41, 5.74) is 9.73. The summed E-state index contributed by atoms with van der Waals surface area (Å²) in [5.74, 6) is -2.90. The highest BCUT2D eigenvalue weighted by Crippen LogP contribution is 2.25. The van der Waals surface area contributed by atoms with E-state index in [0.717, 1.165) is 0 Å². The van der Waals surface area contributed by atoms with Crippen molar-refractivity contribution in [3.05, 3.63) is 29.8 Å². The van der Waals surface area contributed by atoms with Crippen LogP contribution in [0.1, 0.15) is 65.0 Å². The number of para-hydroxylation sites is 1. The van der Waals surface area contributed by atoms with Crippen molar-refractivity contribution in [1.82, 2.24) is 26.6 Å². The molecule has 1 aromatic carbocycles. The van der Waals surface area contributed by atoms with Gasteiger partial charge in [0.15, 0.2) is 5.96 Å². The predicted molar refractivity (Wildman–Crippen MR) is 157 cm³/mol. The minimum Gasteiger partial charge on any atom is -0.496 e. The average Bonchev–Trinajstić information content (AvgIpc) is 2.94. The van der Waals surface area contributed by atoms with Crippen molar-refractivity contribution in [1.29, 1.82) is 0 Å². The van der Waals surface area contributed by atoms with Gasteiger partial charge in [-0.15, -0.1) is 0 Å². The Labute approximate surface area is 246 Å². The fraction of sp³-hybridized carbons (Fsp3) is 0.571. The number of nitrogens with zero attached hydrogens (tertiary/aromatic N) is 1. The molecule has 1 fully saturated rings. The molecule has 42 heavy (non-hydrogen) atoms. The molecule has 9 N–H and O–H groups in total. The number of hydrogen-bond donors (Lipinski definition) is 7. The largest absolute Gasteiger partial charge is 0.496 e. The second-order valence-corrected chi connectivity index (χ2v) is 10.6. The zero-order valence-electron chi connectivity index (χ0n) is 24.9. The monoisotopic (exact) mass is 588 g/mol. The average molecular weight is 589 g/mol. The second kappa shape index (κ2) is 15.6. The first-order valence-corrected chi connectivity index (χ1v) is 14.0. The lowest BCUT2D eigenvalue weighted by molar-refractivity contribution is -0.138. The van der Waals surface area contributed by atoms with E-state index >= 15 is 0 Å². The number of ether oxygens (including phenoxy) is 1. The van der Waals surface area contributed by atoms with Gasteiger partial charge in [-0.1, -0.05) is 39.0 Å². The Balaban J connectivity index is 2.51. The van der Waals surface area contributed by atoms with Crippen LogP contribution < -0.4 is 42.8 Å². The molecule has 1 heterocycles. The molecule has 1 aromatic rings. The van der Waals surface area contributed by atoms with Gasteiger partial charge in [0.25, 0.3) is 0 Å². The fourth-order valence-corrected chi connectivity index (χ4v) is 4.33. The SMILES string of the molecule is CC[C@@H]1NC(=O)[C@H](CCCN=C(N)N)NC(=O)[C@](C)(NC(=O)C(C)C)CCNC(=O)[C@@H](c2ccccc2OC)NC1=O. The van der Waals surface area contributed by atoms with E-state index in [0.29, 0.717) is 17.7 Å². The first-order valence-electron chi connectivity index (χ1n) is 14.0. The smallest absolute Gasteiger partial charge is 0.247 e. The van der Waals surface area contributed by atoms with E-state index in [-0.39, 0.29) is 44.2 Å². The minimum absolute atomic E-state index is 0.00442. The van der Waals surface area contributed by atoms with Crippen molar-refractivity contribution in [2.45, 2.75) is 77.0 Å². The molecule has 14 nitrogen and oxygen atoms in total. The Hall–Kier alpha value is -4.36. The summed E-state index contributed by atoms with van der Waals surface area (Å²) in [4.78, 5) is 70.5. The van der Waals surface area contributed by atoms with Crippen molar-refractivity contribution in [2.75, 3.05) is 20.2 Å². The van der Waals surface area contributed by atoms with Crippen molar-refractivity contribution in [3.63, 3.8) is 0 Å². The molecule has 0 aromatic heterocycles. The Morgan fingerprint density at radius 1 is 1.07 bits per heavy atom. The number of carbonyl (C=O) groups excluding carboxylic acids is 5. The van der Waals surface area contributed by atoms with Gasteiger partial charge in [-0.25, -0.2) is 0 Å². The highest BCUT2D eigenvalue weighted by molar-refractivity contribution is 5.97. The number of rotatable bonds is 9. The fourth-order valence-electron chi connectivity index (χ4n) is 4.33. The zero-order valence-corrected chi connectivity index (χ0v) is 24.9. The second-order valence-electron chi connectivity index (χ2n) is 10.6. The van der Waals surface area contributed by atoms with Crippen LogP contribution in [-0.2, 0) is 24.0 Å². The molecule has 0 bridgehead atoms. The third kappa shape index (κ3) is 9.35. The number of carbonyl (C=O) groups is 5. The maximum Gasteiger partial charge on any atom is 0.247 e.